The Morgan fingerprint density at radius 1 is 1.08 bits per heavy atom. The third kappa shape index (κ3) is 4.93. The number of esters is 1. The lowest BCUT2D eigenvalue weighted by Gasteiger charge is -2.11. The van der Waals surface area contributed by atoms with Crippen molar-refractivity contribution in [2.75, 3.05) is 6.26 Å². The van der Waals surface area contributed by atoms with Crippen LogP contribution < -0.4 is 4.74 Å². The van der Waals surface area contributed by atoms with Crippen molar-refractivity contribution in [2.45, 2.75) is 32.4 Å². The summed E-state index contributed by atoms with van der Waals surface area (Å²) in [5, 5.41) is 0. The molecule has 5 heteroatoms. The van der Waals surface area contributed by atoms with Gasteiger partial charge in [0.2, 0.25) is 0 Å². The SMILES string of the molecule is Cc1cc(OC(=O)c2ccc(CS(C)(=O)=O)cc2)ccc1C(C)C. The van der Waals surface area contributed by atoms with Crippen molar-refractivity contribution in [3.63, 3.8) is 0 Å². The van der Waals surface area contributed by atoms with E-state index in [-0.39, 0.29) is 5.75 Å². The molecule has 2 rings (SSSR count). The zero-order valence-corrected chi connectivity index (χ0v) is 15.2. The average molecular weight is 346 g/mol. The van der Waals surface area contributed by atoms with Crippen LogP contribution in [0.25, 0.3) is 0 Å². The topological polar surface area (TPSA) is 60.4 Å². The van der Waals surface area contributed by atoms with E-state index >= 15 is 0 Å². The molecular weight excluding hydrogens is 324 g/mol. The smallest absolute Gasteiger partial charge is 0.343 e. The molecule has 0 saturated carbocycles. The van der Waals surface area contributed by atoms with Gasteiger partial charge in [-0.1, -0.05) is 32.0 Å². The van der Waals surface area contributed by atoms with Crippen molar-refractivity contribution in [3.05, 3.63) is 64.7 Å². The van der Waals surface area contributed by atoms with Gasteiger partial charge in [-0.3, -0.25) is 0 Å². The van der Waals surface area contributed by atoms with Crippen LogP contribution in [0.15, 0.2) is 42.5 Å². The number of carbonyl (C=O) groups excluding carboxylic acids is 1. The summed E-state index contributed by atoms with van der Waals surface area (Å²) < 4.78 is 28.0. The van der Waals surface area contributed by atoms with E-state index in [0.717, 1.165) is 5.56 Å². The van der Waals surface area contributed by atoms with Gasteiger partial charge >= 0.3 is 5.97 Å². The average Bonchev–Trinajstić information content (AvgIpc) is 2.45. The van der Waals surface area contributed by atoms with Gasteiger partial charge in [0.15, 0.2) is 9.84 Å². The van der Waals surface area contributed by atoms with Crippen LogP contribution in [0.1, 0.15) is 46.8 Å². The summed E-state index contributed by atoms with van der Waals surface area (Å²) >= 11 is 0. The number of benzene rings is 2. The minimum atomic E-state index is -3.09. The number of sulfone groups is 1. The van der Waals surface area contributed by atoms with E-state index in [9.17, 15) is 13.2 Å². The van der Waals surface area contributed by atoms with Crippen LogP contribution in [0.2, 0.25) is 0 Å². The van der Waals surface area contributed by atoms with Crippen LogP contribution in [0.5, 0.6) is 5.75 Å². The van der Waals surface area contributed by atoms with E-state index in [4.69, 9.17) is 4.74 Å². The maximum atomic E-state index is 12.2. The molecule has 0 heterocycles. The Labute approximate surface area is 143 Å². The number of carbonyl (C=O) groups is 1. The van der Waals surface area contributed by atoms with E-state index in [1.807, 2.05) is 19.1 Å². The first kappa shape index (κ1) is 18.2. The molecule has 0 aromatic heterocycles. The molecule has 0 bridgehead atoms. The molecule has 0 aliphatic heterocycles. The first-order valence-corrected chi connectivity index (χ1v) is 9.81. The maximum Gasteiger partial charge on any atom is 0.343 e. The predicted octanol–water partition coefficient (Wildman–Crippen LogP) is 3.88. The second-order valence-electron chi connectivity index (χ2n) is 6.33. The molecule has 0 atom stereocenters. The molecule has 0 spiro atoms. The molecule has 0 N–H and O–H groups in total. The van der Waals surface area contributed by atoms with Crippen LogP contribution in [0, 0.1) is 6.92 Å². The van der Waals surface area contributed by atoms with Crippen LogP contribution in [-0.2, 0) is 15.6 Å². The summed E-state index contributed by atoms with van der Waals surface area (Å²) in [6.45, 7) is 6.23. The van der Waals surface area contributed by atoms with Crippen LogP contribution >= 0.6 is 0 Å². The summed E-state index contributed by atoms with van der Waals surface area (Å²) in [4.78, 5) is 12.2. The Hall–Kier alpha value is -2.14. The molecular formula is C19H22O4S. The van der Waals surface area contributed by atoms with E-state index < -0.39 is 15.8 Å². The number of aryl methyl sites for hydroxylation is 1. The second kappa shape index (κ2) is 7.18. The molecule has 4 nitrogen and oxygen atoms in total. The highest BCUT2D eigenvalue weighted by molar-refractivity contribution is 7.89. The van der Waals surface area contributed by atoms with E-state index in [1.54, 1.807) is 30.3 Å². The van der Waals surface area contributed by atoms with Crippen molar-refractivity contribution in [3.8, 4) is 5.75 Å². The highest BCUT2D eigenvalue weighted by Gasteiger charge is 2.11. The van der Waals surface area contributed by atoms with Gasteiger partial charge in [0.05, 0.1) is 11.3 Å². The van der Waals surface area contributed by atoms with Gasteiger partial charge in [0, 0.05) is 6.26 Å². The van der Waals surface area contributed by atoms with E-state index in [2.05, 4.69) is 13.8 Å². The highest BCUT2D eigenvalue weighted by atomic mass is 32.2. The third-order valence-corrected chi connectivity index (χ3v) is 4.55. The van der Waals surface area contributed by atoms with Gasteiger partial charge in [-0.2, -0.15) is 0 Å². The summed E-state index contributed by atoms with van der Waals surface area (Å²) in [5.74, 6) is 0.412. The number of rotatable bonds is 5. The van der Waals surface area contributed by atoms with Gasteiger partial charge in [0.25, 0.3) is 0 Å². The second-order valence-corrected chi connectivity index (χ2v) is 8.47. The largest absolute Gasteiger partial charge is 0.423 e. The number of hydrogen-bond donors (Lipinski definition) is 0. The Balaban J connectivity index is 2.11. The molecule has 0 amide bonds. The van der Waals surface area contributed by atoms with Gasteiger partial charge < -0.3 is 4.74 Å². The van der Waals surface area contributed by atoms with Gasteiger partial charge in [-0.25, -0.2) is 13.2 Å². The molecule has 0 unspecified atom stereocenters. The lowest BCUT2D eigenvalue weighted by molar-refractivity contribution is 0.0734. The molecule has 0 aliphatic carbocycles. The molecule has 2 aromatic rings. The Morgan fingerprint density at radius 2 is 1.71 bits per heavy atom. The highest BCUT2D eigenvalue weighted by Crippen LogP contribution is 2.24. The van der Waals surface area contributed by atoms with Crippen molar-refractivity contribution in [1.82, 2.24) is 0 Å². The zero-order chi connectivity index (χ0) is 17.9. The van der Waals surface area contributed by atoms with Gasteiger partial charge in [-0.05, 0) is 53.8 Å². The normalized spacial score (nSPS) is 11.5. The van der Waals surface area contributed by atoms with Crippen LogP contribution in [0.4, 0.5) is 0 Å². The van der Waals surface area contributed by atoms with Crippen molar-refractivity contribution < 1.29 is 17.9 Å². The third-order valence-electron chi connectivity index (χ3n) is 3.69. The first-order valence-electron chi connectivity index (χ1n) is 7.75. The summed E-state index contributed by atoms with van der Waals surface area (Å²) in [5.41, 5.74) is 3.34. The standard InChI is InChI=1S/C19H22O4S/c1-13(2)18-10-9-17(11-14(18)3)23-19(20)16-7-5-15(6-8-16)12-24(4,21)22/h5-11,13H,12H2,1-4H3. The van der Waals surface area contributed by atoms with E-state index in [1.165, 1.54) is 11.8 Å². The van der Waals surface area contributed by atoms with Crippen molar-refractivity contribution in [1.29, 1.82) is 0 Å². The Kier molecular flexibility index (Phi) is 5.44. The Morgan fingerprint density at radius 3 is 2.21 bits per heavy atom. The van der Waals surface area contributed by atoms with Gasteiger partial charge in [0.1, 0.15) is 5.75 Å². The fraction of sp³-hybridized carbons (Fsp3) is 0.316. The van der Waals surface area contributed by atoms with Crippen LogP contribution in [0.3, 0.4) is 0 Å². The van der Waals surface area contributed by atoms with E-state index in [0.29, 0.717) is 22.8 Å². The quantitative estimate of drug-likeness (QED) is 0.609. The zero-order valence-electron chi connectivity index (χ0n) is 14.4. The number of ether oxygens (including phenoxy) is 1. The number of hydrogen-bond acceptors (Lipinski definition) is 4. The molecule has 0 fully saturated rings. The summed E-state index contributed by atoms with van der Waals surface area (Å²) in [6, 6.07) is 12.0. The molecule has 128 valence electrons. The first-order chi connectivity index (χ1) is 11.2. The Bertz CT molecular complexity index is 834. The molecule has 24 heavy (non-hydrogen) atoms. The van der Waals surface area contributed by atoms with Gasteiger partial charge in [-0.15, -0.1) is 0 Å². The summed E-state index contributed by atoms with van der Waals surface area (Å²) in [7, 11) is -3.09. The van der Waals surface area contributed by atoms with Crippen LogP contribution in [-0.4, -0.2) is 20.6 Å². The van der Waals surface area contributed by atoms with Crippen molar-refractivity contribution >= 4 is 15.8 Å². The molecule has 0 radical (unpaired) electrons. The fourth-order valence-electron chi connectivity index (χ4n) is 2.57. The fourth-order valence-corrected chi connectivity index (χ4v) is 3.36. The maximum absolute atomic E-state index is 12.2. The minimum absolute atomic E-state index is 0.0435. The minimum Gasteiger partial charge on any atom is -0.423 e. The predicted molar refractivity (Wildman–Crippen MR) is 95.2 cm³/mol. The molecule has 0 aliphatic rings. The summed E-state index contributed by atoms with van der Waals surface area (Å²) in [6.07, 6.45) is 1.18. The lowest BCUT2D eigenvalue weighted by atomic mass is 9.98. The molecule has 0 saturated heterocycles. The molecule has 2 aromatic carbocycles. The van der Waals surface area contributed by atoms with Crippen molar-refractivity contribution in [2.24, 2.45) is 0 Å². The lowest BCUT2D eigenvalue weighted by Crippen LogP contribution is -2.09. The monoisotopic (exact) mass is 346 g/mol.